The van der Waals surface area contributed by atoms with Gasteiger partial charge >= 0.3 is 0 Å². The maximum Gasteiger partial charge on any atom is 0.226 e. The molecule has 0 spiro atoms. The Labute approximate surface area is 148 Å². The number of carbonyl (C=O) groups is 1. The van der Waals surface area contributed by atoms with Crippen molar-refractivity contribution in [3.63, 3.8) is 0 Å². The minimum Gasteiger partial charge on any atom is -0.493 e. The van der Waals surface area contributed by atoms with Crippen LogP contribution in [0.25, 0.3) is 9.88 Å². The molecule has 0 saturated carbocycles. The molecule has 24 heavy (non-hydrogen) atoms. The van der Waals surface area contributed by atoms with Gasteiger partial charge in [0.05, 0.1) is 11.5 Å². The van der Waals surface area contributed by atoms with Gasteiger partial charge in [0, 0.05) is 6.42 Å². The molecule has 2 heterocycles. The van der Waals surface area contributed by atoms with Gasteiger partial charge in [-0.1, -0.05) is 35.6 Å². The van der Waals surface area contributed by atoms with Gasteiger partial charge in [-0.3, -0.25) is 4.79 Å². The highest BCUT2D eigenvalue weighted by Gasteiger charge is 2.10. The molecule has 7 heteroatoms. The van der Waals surface area contributed by atoms with Crippen LogP contribution in [0.4, 0.5) is 5.13 Å². The molecule has 0 aliphatic heterocycles. The van der Waals surface area contributed by atoms with E-state index in [-0.39, 0.29) is 5.91 Å². The van der Waals surface area contributed by atoms with Crippen LogP contribution in [0.1, 0.15) is 18.4 Å². The zero-order valence-corrected chi connectivity index (χ0v) is 14.8. The Bertz CT molecular complexity index is 800. The third-order valence-electron chi connectivity index (χ3n) is 3.30. The number of nitrogens with one attached hydrogen (secondary N) is 1. The van der Waals surface area contributed by atoms with Gasteiger partial charge in [0.25, 0.3) is 0 Å². The van der Waals surface area contributed by atoms with Crippen LogP contribution in [0, 0.1) is 6.92 Å². The molecule has 5 nitrogen and oxygen atoms in total. The largest absolute Gasteiger partial charge is 0.493 e. The molecule has 124 valence electrons. The highest BCUT2D eigenvalue weighted by Crippen LogP contribution is 2.29. The summed E-state index contributed by atoms with van der Waals surface area (Å²) in [6.07, 6.45) is 1.04. The van der Waals surface area contributed by atoms with E-state index in [0.29, 0.717) is 24.6 Å². The summed E-state index contributed by atoms with van der Waals surface area (Å²) < 4.78 is 5.69. The number of amides is 1. The number of anilines is 1. The predicted molar refractivity (Wildman–Crippen MR) is 97.8 cm³/mol. The molecule has 0 atom stereocenters. The molecule has 3 rings (SSSR count). The maximum absolute atomic E-state index is 12.0. The van der Waals surface area contributed by atoms with Crippen LogP contribution in [-0.2, 0) is 4.79 Å². The van der Waals surface area contributed by atoms with E-state index in [2.05, 4.69) is 15.5 Å². The molecule has 2 aromatic heterocycles. The summed E-state index contributed by atoms with van der Waals surface area (Å²) in [4.78, 5) is 13.0. The number of hydrogen-bond acceptors (Lipinski definition) is 6. The number of hydrogen-bond donors (Lipinski definition) is 1. The topological polar surface area (TPSA) is 64.1 Å². The Morgan fingerprint density at radius 1 is 1.21 bits per heavy atom. The molecule has 0 unspecified atom stereocenters. The lowest BCUT2D eigenvalue weighted by atomic mass is 10.2. The molecule has 1 N–H and O–H groups in total. The van der Waals surface area contributed by atoms with Gasteiger partial charge < -0.3 is 10.1 Å². The second-order valence-corrected chi connectivity index (χ2v) is 7.08. The van der Waals surface area contributed by atoms with Crippen molar-refractivity contribution in [3.8, 4) is 15.6 Å². The van der Waals surface area contributed by atoms with Crippen molar-refractivity contribution >= 4 is 33.7 Å². The lowest BCUT2D eigenvalue weighted by molar-refractivity contribution is -0.116. The number of rotatable bonds is 7. The molecular formula is C17H17N3O2S2. The number of ether oxygens (including phenoxy) is 1. The average molecular weight is 359 g/mol. The smallest absolute Gasteiger partial charge is 0.226 e. The van der Waals surface area contributed by atoms with E-state index >= 15 is 0 Å². The Morgan fingerprint density at radius 2 is 2.08 bits per heavy atom. The molecule has 1 aromatic carbocycles. The van der Waals surface area contributed by atoms with Crippen molar-refractivity contribution in [2.24, 2.45) is 0 Å². The first-order valence-electron chi connectivity index (χ1n) is 7.58. The molecule has 0 radical (unpaired) electrons. The number of carbonyl (C=O) groups excluding carboxylic acids is 1. The van der Waals surface area contributed by atoms with Crippen LogP contribution < -0.4 is 10.1 Å². The Balaban J connectivity index is 1.42. The van der Waals surface area contributed by atoms with E-state index in [9.17, 15) is 4.79 Å². The average Bonchev–Trinajstić information content (AvgIpc) is 3.24. The third-order valence-corrected chi connectivity index (χ3v) is 5.18. The summed E-state index contributed by atoms with van der Waals surface area (Å²) in [6.45, 7) is 2.51. The molecular weight excluding hydrogens is 342 g/mol. The van der Waals surface area contributed by atoms with Gasteiger partial charge in [-0.25, -0.2) is 0 Å². The maximum atomic E-state index is 12.0. The zero-order chi connectivity index (χ0) is 16.8. The number of aryl methyl sites for hydroxylation is 1. The fourth-order valence-corrected chi connectivity index (χ4v) is 3.64. The van der Waals surface area contributed by atoms with Crippen LogP contribution in [-0.4, -0.2) is 22.7 Å². The highest BCUT2D eigenvalue weighted by atomic mass is 32.1. The standard InChI is InChI=1S/C17H17N3O2S2/c1-12-6-2-3-7-13(12)22-10-4-9-15(21)18-17-20-19-16(24-17)14-8-5-11-23-14/h2-3,5-8,11H,4,9-10H2,1H3,(H,18,20,21). The summed E-state index contributed by atoms with van der Waals surface area (Å²) in [5, 5.41) is 14.2. The van der Waals surface area contributed by atoms with E-state index in [1.54, 1.807) is 11.3 Å². The number of aromatic nitrogens is 2. The van der Waals surface area contributed by atoms with Crippen LogP contribution >= 0.6 is 22.7 Å². The minimum absolute atomic E-state index is 0.0720. The Hall–Kier alpha value is -2.25. The predicted octanol–water partition coefficient (Wildman–Crippen LogP) is 4.37. The molecule has 0 aliphatic rings. The number of benzene rings is 1. The number of nitrogens with zero attached hydrogens (tertiary/aromatic N) is 2. The molecule has 0 bridgehead atoms. The van der Waals surface area contributed by atoms with Gasteiger partial charge in [-0.15, -0.1) is 21.5 Å². The van der Waals surface area contributed by atoms with Crippen LogP contribution in [0.2, 0.25) is 0 Å². The first-order chi connectivity index (χ1) is 11.7. The Kier molecular flexibility index (Phi) is 5.55. The van der Waals surface area contributed by atoms with Crippen molar-refractivity contribution in [1.82, 2.24) is 10.2 Å². The summed E-state index contributed by atoms with van der Waals surface area (Å²) in [6, 6.07) is 11.8. The Morgan fingerprint density at radius 3 is 2.88 bits per heavy atom. The summed E-state index contributed by atoms with van der Waals surface area (Å²) in [5.74, 6) is 0.792. The molecule has 0 aliphatic carbocycles. The first-order valence-corrected chi connectivity index (χ1v) is 9.27. The van der Waals surface area contributed by atoms with Crippen LogP contribution in [0.5, 0.6) is 5.75 Å². The highest BCUT2D eigenvalue weighted by molar-refractivity contribution is 7.23. The summed E-state index contributed by atoms with van der Waals surface area (Å²) >= 11 is 2.98. The fourth-order valence-electron chi connectivity index (χ4n) is 2.09. The SMILES string of the molecule is Cc1ccccc1OCCCC(=O)Nc1nnc(-c2cccs2)s1. The quantitative estimate of drug-likeness (QED) is 0.636. The summed E-state index contributed by atoms with van der Waals surface area (Å²) in [5.41, 5.74) is 1.09. The first kappa shape index (κ1) is 16.6. The zero-order valence-electron chi connectivity index (χ0n) is 13.2. The molecule has 3 aromatic rings. The van der Waals surface area contributed by atoms with Gasteiger partial charge in [-0.05, 0) is 36.4 Å². The molecule has 0 fully saturated rings. The van der Waals surface area contributed by atoms with E-state index in [0.717, 1.165) is 21.2 Å². The second kappa shape index (κ2) is 8.03. The summed E-state index contributed by atoms with van der Waals surface area (Å²) in [7, 11) is 0. The molecule has 0 saturated heterocycles. The van der Waals surface area contributed by atoms with E-state index in [4.69, 9.17) is 4.74 Å². The third kappa shape index (κ3) is 4.39. The molecule has 1 amide bonds. The van der Waals surface area contributed by atoms with Crippen LogP contribution in [0.15, 0.2) is 41.8 Å². The van der Waals surface area contributed by atoms with Gasteiger partial charge in [0.1, 0.15) is 5.75 Å². The van der Waals surface area contributed by atoms with E-state index in [1.165, 1.54) is 11.3 Å². The normalized spacial score (nSPS) is 10.5. The minimum atomic E-state index is -0.0720. The van der Waals surface area contributed by atoms with Crippen molar-refractivity contribution in [3.05, 3.63) is 47.3 Å². The number of para-hydroxylation sites is 1. The van der Waals surface area contributed by atoms with Crippen molar-refractivity contribution in [2.75, 3.05) is 11.9 Å². The second-order valence-electron chi connectivity index (χ2n) is 5.16. The lowest BCUT2D eigenvalue weighted by Gasteiger charge is -2.08. The van der Waals surface area contributed by atoms with Crippen LogP contribution in [0.3, 0.4) is 0 Å². The monoisotopic (exact) mass is 359 g/mol. The lowest BCUT2D eigenvalue weighted by Crippen LogP contribution is -2.12. The van der Waals surface area contributed by atoms with Crippen molar-refractivity contribution < 1.29 is 9.53 Å². The fraction of sp³-hybridized carbons (Fsp3) is 0.235. The van der Waals surface area contributed by atoms with Crippen molar-refractivity contribution in [2.45, 2.75) is 19.8 Å². The van der Waals surface area contributed by atoms with E-state index in [1.807, 2.05) is 48.7 Å². The van der Waals surface area contributed by atoms with Crippen molar-refractivity contribution in [1.29, 1.82) is 0 Å². The number of thiophene rings is 1. The van der Waals surface area contributed by atoms with Gasteiger partial charge in [-0.2, -0.15) is 0 Å². The van der Waals surface area contributed by atoms with E-state index < -0.39 is 0 Å². The van der Waals surface area contributed by atoms with Gasteiger partial charge in [0.2, 0.25) is 11.0 Å². The van der Waals surface area contributed by atoms with Gasteiger partial charge in [0.15, 0.2) is 5.01 Å².